The minimum atomic E-state index is -3.33. The molecule has 1 aromatic carbocycles. The van der Waals surface area contributed by atoms with E-state index in [0.717, 1.165) is 36.0 Å². The molecule has 1 aromatic rings. The molecular formula is C15H22BrN5O2S. The Morgan fingerprint density at radius 3 is 2.79 bits per heavy atom. The van der Waals surface area contributed by atoms with Crippen LogP contribution in [-0.4, -0.2) is 46.0 Å². The van der Waals surface area contributed by atoms with Crippen molar-refractivity contribution in [2.45, 2.75) is 18.6 Å². The van der Waals surface area contributed by atoms with Crippen LogP contribution in [0.4, 0.5) is 0 Å². The van der Waals surface area contributed by atoms with Crippen LogP contribution in [0.5, 0.6) is 0 Å². The van der Waals surface area contributed by atoms with E-state index in [-0.39, 0.29) is 5.75 Å². The number of piperidine rings is 1. The molecule has 7 nitrogen and oxygen atoms in total. The number of hydrogen-bond donors (Lipinski definition) is 1. The van der Waals surface area contributed by atoms with Crippen LogP contribution in [0.1, 0.15) is 18.4 Å². The van der Waals surface area contributed by atoms with Gasteiger partial charge < -0.3 is 4.90 Å². The number of rotatable bonds is 8. The normalized spacial score (nSPS) is 16.7. The van der Waals surface area contributed by atoms with Crippen molar-refractivity contribution in [3.8, 4) is 0 Å². The van der Waals surface area contributed by atoms with E-state index in [9.17, 15) is 8.42 Å². The molecule has 1 aliphatic rings. The lowest BCUT2D eigenvalue weighted by atomic mass is 9.97. The van der Waals surface area contributed by atoms with Crippen LogP contribution in [0.15, 0.2) is 33.9 Å². The zero-order chi connectivity index (χ0) is 17.4. The van der Waals surface area contributed by atoms with Gasteiger partial charge in [0, 0.05) is 29.0 Å². The van der Waals surface area contributed by atoms with Crippen LogP contribution in [0.3, 0.4) is 0 Å². The van der Waals surface area contributed by atoms with Crippen LogP contribution < -0.4 is 4.72 Å². The van der Waals surface area contributed by atoms with Crippen molar-refractivity contribution < 1.29 is 8.42 Å². The molecule has 0 aliphatic carbocycles. The average Bonchev–Trinajstić information content (AvgIpc) is 2.53. The number of sulfonamides is 1. The van der Waals surface area contributed by atoms with Gasteiger partial charge in [0.15, 0.2) is 0 Å². The third kappa shape index (κ3) is 6.78. The van der Waals surface area contributed by atoms with Gasteiger partial charge in [0.25, 0.3) is 0 Å². The van der Waals surface area contributed by atoms with Crippen molar-refractivity contribution in [2.24, 2.45) is 11.0 Å². The first-order valence-corrected chi connectivity index (χ1v) is 10.4. The third-order valence-electron chi connectivity index (χ3n) is 4.11. The molecule has 0 spiro atoms. The second-order valence-electron chi connectivity index (χ2n) is 5.98. The number of nitrogens with one attached hydrogen (secondary N) is 1. The maximum absolute atomic E-state index is 12.1. The van der Waals surface area contributed by atoms with Crippen LogP contribution in [0, 0.1) is 5.92 Å². The van der Waals surface area contributed by atoms with Crippen molar-refractivity contribution in [1.82, 2.24) is 9.62 Å². The van der Waals surface area contributed by atoms with Gasteiger partial charge in [0.05, 0.1) is 5.75 Å². The van der Waals surface area contributed by atoms with Gasteiger partial charge in [-0.1, -0.05) is 33.2 Å². The first-order valence-electron chi connectivity index (χ1n) is 7.93. The Hall–Kier alpha value is -1.12. The summed E-state index contributed by atoms with van der Waals surface area (Å²) >= 11 is 3.35. The Morgan fingerprint density at radius 2 is 2.12 bits per heavy atom. The fourth-order valence-corrected chi connectivity index (χ4v) is 4.37. The number of halogens is 1. The van der Waals surface area contributed by atoms with Crippen LogP contribution >= 0.6 is 15.9 Å². The largest absolute Gasteiger partial charge is 0.302 e. The monoisotopic (exact) mass is 415 g/mol. The van der Waals surface area contributed by atoms with Crippen molar-refractivity contribution in [3.05, 3.63) is 44.7 Å². The average molecular weight is 416 g/mol. The summed E-state index contributed by atoms with van der Waals surface area (Å²) in [7, 11) is -3.33. The zero-order valence-electron chi connectivity index (χ0n) is 13.4. The van der Waals surface area contributed by atoms with E-state index < -0.39 is 10.0 Å². The lowest BCUT2D eigenvalue weighted by Gasteiger charge is -2.31. The molecule has 0 unspecified atom stereocenters. The van der Waals surface area contributed by atoms with Crippen LogP contribution in [0.2, 0.25) is 0 Å². The molecule has 0 aromatic heterocycles. The molecule has 0 atom stereocenters. The highest BCUT2D eigenvalue weighted by molar-refractivity contribution is 9.10. The number of azide groups is 1. The van der Waals surface area contributed by atoms with Gasteiger partial charge in [0.1, 0.15) is 0 Å². The molecule has 2 rings (SSSR count). The maximum Gasteiger partial charge on any atom is 0.215 e. The fraction of sp³-hybridized carbons (Fsp3) is 0.600. The van der Waals surface area contributed by atoms with E-state index in [1.165, 1.54) is 0 Å². The van der Waals surface area contributed by atoms with Gasteiger partial charge in [-0.15, -0.1) is 0 Å². The Kier molecular flexibility index (Phi) is 7.51. The molecule has 1 saturated heterocycles. The van der Waals surface area contributed by atoms with Gasteiger partial charge in [-0.05, 0) is 55.1 Å². The van der Waals surface area contributed by atoms with Crippen LogP contribution in [-0.2, 0) is 15.8 Å². The molecule has 1 N–H and O–H groups in total. The van der Waals surface area contributed by atoms with Gasteiger partial charge in [-0.2, -0.15) is 0 Å². The molecular weight excluding hydrogens is 394 g/mol. The SMILES string of the molecule is [N-]=[N+]=NCC1CCN(CCNS(=O)(=O)Cc2cccc(Br)c2)CC1. The molecule has 24 heavy (non-hydrogen) atoms. The van der Waals surface area contributed by atoms with Crippen molar-refractivity contribution >= 4 is 26.0 Å². The lowest BCUT2D eigenvalue weighted by Crippen LogP contribution is -2.40. The minimum absolute atomic E-state index is 0.0132. The van der Waals surface area contributed by atoms with Gasteiger partial charge in [-0.3, -0.25) is 0 Å². The zero-order valence-corrected chi connectivity index (χ0v) is 15.8. The summed E-state index contributed by atoms with van der Waals surface area (Å²) in [5.41, 5.74) is 9.10. The highest BCUT2D eigenvalue weighted by Gasteiger charge is 2.19. The number of benzene rings is 1. The number of likely N-dealkylation sites (tertiary alicyclic amines) is 1. The van der Waals surface area contributed by atoms with E-state index in [1.807, 2.05) is 18.2 Å². The Labute approximate surface area is 151 Å². The maximum atomic E-state index is 12.1. The van der Waals surface area contributed by atoms with E-state index in [0.29, 0.717) is 25.6 Å². The van der Waals surface area contributed by atoms with E-state index in [4.69, 9.17) is 5.53 Å². The first kappa shape index (κ1) is 19.2. The summed E-state index contributed by atoms with van der Waals surface area (Å²) in [5, 5.41) is 3.63. The highest BCUT2D eigenvalue weighted by Crippen LogP contribution is 2.17. The Balaban J connectivity index is 1.71. The standard InChI is InChI=1S/C15H22BrN5O2S/c16-15-3-1-2-14(10-15)12-24(22,23)19-6-9-21-7-4-13(5-8-21)11-18-20-17/h1-3,10,13,19H,4-9,11-12H2. The van der Waals surface area contributed by atoms with E-state index in [2.05, 4.69) is 35.6 Å². The molecule has 132 valence electrons. The second kappa shape index (κ2) is 9.39. The summed E-state index contributed by atoms with van der Waals surface area (Å²) in [6, 6.07) is 7.32. The Bertz CT molecular complexity index is 683. The first-order chi connectivity index (χ1) is 11.5. The molecule has 1 heterocycles. The van der Waals surface area contributed by atoms with E-state index in [1.54, 1.807) is 6.07 Å². The van der Waals surface area contributed by atoms with Crippen molar-refractivity contribution in [1.29, 1.82) is 0 Å². The quantitative estimate of drug-likeness (QED) is 0.401. The van der Waals surface area contributed by atoms with Crippen molar-refractivity contribution in [2.75, 3.05) is 32.7 Å². The molecule has 0 saturated carbocycles. The van der Waals surface area contributed by atoms with E-state index >= 15 is 0 Å². The molecule has 1 fully saturated rings. The number of nitrogens with zero attached hydrogens (tertiary/aromatic N) is 4. The second-order valence-corrected chi connectivity index (χ2v) is 8.70. The number of hydrogen-bond acceptors (Lipinski definition) is 4. The third-order valence-corrected chi connectivity index (χ3v) is 5.96. The molecule has 0 bridgehead atoms. The van der Waals surface area contributed by atoms with Crippen molar-refractivity contribution in [3.63, 3.8) is 0 Å². The molecule has 0 amide bonds. The van der Waals surface area contributed by atoms with Gasteiger partial charge in [0.2, 0.25) is 10.0 Å². The summed E-state index contributed by atoms with van der Waals surface area (Å²) in [6.45, 7) is 3.50. The summed E-state index contributed by atoms with van der Waals surface area (Å²) in [6.07, 6.45) is 1.98. The Morgan fingerprint density at radius 1 is 1.38 bits per heavy atom. The summed E-state index contributed by atoms with van der Waals surface area (Å²) in [4.78, 5) is 5.04. The van der Waals surface area contributed by atoms with Gasteiger partial charge >= 0.3 is 0 Å². The summed E-state index contributed by atoms with van der Waals surface area (Å²) in [5.74, 6) is 0.436. The minimum Gasteiger partial charge on any atom is -0.302 e. The molecule has 9 heteroatoms. The molecule has 1 aliphatic heterocycles. The topological polar surface area (TPSA) is 98.2 Å². The molecule has 0 radical (unpaired) electrons. The fourth-order valence-electron chi connectivity index (χ4n) is 2.80. The van der Waals surface area contributed by atoms with Crippen LogP contribution in [0.25, 0.3) is 10.4 Å². The smallest absolute Gasteiger partial charge is 0.215 e. The predicted octanol–water partition coefficient (Wildman–Crippen LogP) is 2.89. The van der Waals surface area contributed by atoms with Gasteiger partial charge in [-0.25, -0.2) is 13.1 Å². The summed E-state index contributed by atoms with van der Waals surface area (Å²) < 4.78 is 27.8. The predicted molar refractivity (Wildman–Crippen MR) is 97.9 cm³/mol. The lowest BCUT2D eigenvalue weighted by molar-refractivity contribution is 0.190. The highest BCUT2D eigenvalue weighted by atomic mass is 79.9.